The van der Waals surface area contributed by atoms with Gasteiger partial charge in [0.25, 0.3) is 0 Å². The minimum Gasteiger partial charge on any atom is -0.469 e. The summed E-state index contributed by atoms with van der Waals surface area (Å²) in [4.78, 5) is 15.8. The molecule has 23 heavy (non-hydrogen) atoms. The first-order valence-electron chi connectivity index (χ1n) is 7.74. The molecule has 1 saturated carbocycles. The zero-order chi connectivity index (χ0) is 16.4. The SMILES string of the molecule is COC(=O)[C@H]1CC[C@H](Cn2cnc3cc(C#N)c(F)cc32)CC1. The summed E-state index contributed by atoms with van der Waals surface area (Å²) in [5.74, 6) is -0.197. The van der Waals surface area contributed by atoms with E-state index in [1.165, 1.54) is 19.2 Å². The maximum atomic E-state index is 13.8. The van der Waals surface area contributed by atoms with E-state index < -0.39 is 5.82 Å². The second kappa shape index (κ2) is 6.37. The quantitative estimate of drug-likeness (QED) is 0.817. The molecule has 1 aromatic carbocycles. The Morgan fingerprint density at radius 1 is 1.43 bits per heavy atom. The van der Waals surface area contributed by atoms with Gasteiger partial charge in [0.2, 0.25) is 0 Å². The van der Waals surface area contributed by atoms with Crippen molar-refractivity contribution in [1.82, 2.24) is 9.55 Å². The number of rotatable bonds is 3. The number of ether oxygens (including phenoxy) is 1. The van der Waals surface area contributed by atoms with Gasteiger partial charge in [-0.3, -0.25) is 4.79 Å². The van der Waals surface area contributed by atoms with Crippen LogP contribution >= 0.6 is 0 Å². The van der Waals surface area contributed by atoms with Crippen molar-refractivity contribution in [2.45, 2.75) is 32.2 Å². The second-order valence-corrected chi connectivity index (χ2v) is 6.07. The zero-order valence-corrected chi connectivity index (χ0v) is 13.0. The Labute approximate surface area is 133 Å². The monoisotopic (exact) mass is 315 g/mol. The van der Waals surface area contributed by atoms with Crippen LogP contribution in [0.25, 0.3) is 11.0 Å². The molecule has 3 rings (SSSR count). The van der Waals surface area contributed by atoms with Gasteiger partial charge in [0.1, 0.15) is 11.9 Å². The molecule has 6 heteroatoms. The van der Waals surface area contributed by atoms with Gasteiger partial charge in [-0.15, -0.1) is 0 Å². The molecule has 0 radical (unpaired) electrons. The van der Waals surface area contributed by atoms with E-state index in [9.17, 15) is 9.18 Å². The Morgan fingerprint density at radius 2 is 2.17 bits per heavy atom. The first kappa shape index (κ1) is 15.5. The Balaban J connectivity index is 1.72. The molecule has 120 valence electrons. The van der Waals surface area contributed by atoms with Crippen LogP contribution in [0.15, 0.2) is 18.5 Å². The number of halogens is 1. The molecule has 0 saturated heterocycles. The zero-order valence-electron chi connectivity index (χ0n) is 13.0. The molecule has 0 spiro atoms. The van der Waals surface area contributed by atoms with Crippen molar-refractivity contribution in [3.8, 4) is 6.07 Å². The molecule has 0 bridgehead atoms. The first-order chi connectivity index (χ1) is 11.1. The number of fused-ring (bicyclic) bond motifs is 1. The van der Waals surface area contributed by atoms with Gasteiger partial charge < -0.3 is 9.30 Å². The molecule has 1 aliphatic rings. The number of methoxy groups -OCH3 is 1. The highest BCUT2D eigenvalue weighted by molar-refractivity contribution is 5.77. The van der Waals surface area contributed by atoms with Gasteiger partial charge in [-0.2, -0.15) is 5.26 Å². The number of hydrogen-bond acceptors (Lipinski definition) is 4. The van der Waals surface area contributed by atoms with Crippen molar-refractivity contribution < 1.29 is 13.9 Å². The van der Waals surface area contributed by atoms with Crippen molar-refractivity contribution >= 4 is 17.0 Å². The normalized spacial score (nSPS) is 21.1. The van der Waals surface area contributed by atoms with Crippen LogP contribution in [0.1, 0.15) is 31.2 Å². The van der Waals surface area contributed by atoms with Crippen molar-refractivity contribution in [3.05, 3.63) is 29.8 Å². The number of nitriles is 1. The molecule has 5 nitrogen and oxygen atoms in total. The fourth-order valence-electron chi connectivity index (χ4n) is 3.34. The highest BCUT2D eigenvalue weighted by Crippen LogP contribution is 2.31. The van der Waals surface area contributed by atoms with Crippen LogP contribution in [0.3, 0.4) is 0 Å². The van der Waals surface area contributed by atoms with E-state index >= 15 is 0 Å². The summed E-state index contributed by atoms with van der Waals surface area (Å²) < 4.78 is 20.6. The number of esters is 1. The molecular weight excluding hydrogens is 297 g/mol. The van der Waals surface area contributed by atoms with Crippen LogP contribution in [0.4, 0.5) is 4.39 Å². The van der Waals surface area contributed by atoms with E-state index in [-0.39, 0.29) is 17.5 Å². The van der Waals surface area contributed by atoms with Gasteiger partial charge in [0, 0.05) is 12.6 Å². The molecule has 0 N–H and O–H groups in total. The molecule has 0 unspecified atom stereocenters. The predicted octanol–water partition coefficient (Wildman–Crippen LogP) is 3.03. The third-order valence-electron chi connectivity index (χ3n) is 4.67. The van der Waals surface area contributed by atoms with Gasteiger partial charge in [-0.1, -0.05) is 0 Å². The van der Waals surface area contributed by atoms with E-state index in [1.54, 1.807) is 6.33 Å². The second-order valence-electron chi connectivity index (χ2n) is 6.07. The Morgan fingerprint density at radius 3 is 2.83 bits per heavy atom. The Kier molecular flexibility index (Phi) is 4.28. The number of nitrogens with zero attached hydrogens (tertiary/aromatic N) is 3. The summed E-state index contributed by atoms with van der Waals surface area (Å²) in [7, 11) is 1.43. The van der Waals surface area contributed by atoms with E-state index in [4.69, 9.17) is 10.00 Å². The average molecular weight is 315 g/mol. The van der Waals surface area contributed by atoms with Crippen molar-refractivity contribution in [3.63, 3.8) is 0 Å². The summed E-state index contributed by atoms with van der Waals surface area (Å²) in [6, 6.07) is 4.69. The molecular formula is C17H18FN3O2. The molecule has 2 aromatic rings. The number of imidazole rings is 1. The van der Waals surface area contributed by atoms with Crippen LogP contribution in [0, 0.1) is 29.0 Å². The molecule has 1 fully saturated rings. The Bertz CT molecular complexity index is 770. The highest BCUT2D eigenvalue weighted by Gasteiger charge is 2.27. The minimum atomic E-state index is -0.517. The lowest BCUT2D eigenvalue weighted by molar-refractivity contribution is -0.146. The van der Waals surface area contributed by atoms with E-state index in [1.807, 2.05) is 10.6 Å². The molecule has 0 amide bonds. The number of carbonyl (C=O) groups excluding carboxylic acids is 1. The number of carbonyl (C=O) groups is 1. The standard InChI is InChI=1S/C17H18FN3O2/c1-23-17(22)12-4-2-11(3-5-12)9-21-10-20-15-6-13(8-19)14(18)7-16(15)21/h6-7,10-12H,2-5,9H2,1H3/t11-,12-. The van der Waals surface area contributed by atoms with Crippen molar-refractivity contribution in [2.75, 3.05) is 7.11 Å². The van der Waals surface area contributed by atoms with Crippen molar-refractivity contribution in [1.29, 1.82) is 5.26 Å². The Hall–Kier alpha value is -2.42. The summed E-state index contributed by atoms with van der Waals surface area (Å²) in [5, 5.41) is 8.87. The third-order valence-corrected chi connectivity index (χ3v) is 4.67. The minimum absolute atomic E-state index is 0.00594. The van der Waals surface area contributed by atoms with Crippen LogP contribution in [-0.4, -0.2) is 22.6 Å². The van der Waals surface area contributed by atoms with Gasteiger partial charge in [-0.05, 0) is 37.7 Å². The van der Waals surface area contributed by atoms with Gasteiger partial charge >= 0.3 is 5.97 Å². The lowest BCUT2D eigenvalue weighted by atomic mass is 9.82. The highest BCUT2D eigenvalue weighted by atomic mass is 19.1. The fourth-order valence-corrected chi connectivity index (χ4v) is 3.34. The van der Waals surface area contributed by atoms with E-state index in [0.717, 1.165) is 32.2 Å². The molecule has 0 aliphatic heterocycles. The maximum Gasteiger partial charge on any atom is 0.308 e. The van der Waals surface area contributed by atoms with Crippen molar-refractivity contribution in [2.24, 2.45) is 11.8 Å². The van der Waals surface area contributed by atoms with Gasteiger partial charge in [0.05, 0.1) is 36.0 Å². The molecule has 1 aromatic heterocycles. The van der Waals surface area contributed by atoms with Gasteiger partial charge in [0.15, 0.2) is 0 Å². The lowest BCUT2D eigenvalue weighted by Gasteiger charge is -2.27. The molecule has 1 aliphatic carbocycles. The van der Waals surface area contributed by atoms with Gasteiger partial charge in [-0.25, -0.2) is 9.37 Å². The lowest BCUT2D eigenvalue weighted by Crippen LogP contribution is -2.24. The third kappa shape index (κ3) is 3.04. The predicted molar refractivity (Wildman–Crippen MR) is 81.9 cm³/mol. The summed E-state index contributed by atoms with van der Waals surface area (Å²) >= 11 is 0. The first-order valence-corrected chi connectivity index (χ1v) is 7.74. The molecule has 0 atom stereocenters. The summed E-state index contributed by atoms with van der Waals surface area (Å²) in [6.45, 7) is 0.746. The van der Waals surface area contributed by atoms with Crippen LogP contribution < -0.4 is 0 Å². The topological polar surface area (TPSA) is 67.9 Å². The largest absolute Gasteiger partial charge is 0.469 e. The number of hydrogen-bond donors (Lipinski definition) is 0. The molecule has 1 heterocycles. The summed E-state index contributed by atoms with van der Waals surface area (Å²) in [6.07, 6.45) is 5.24. The fraction of sp³-hybridized carbons (Fsp3) is 0.471. The van der Waals surface area contributed by atoms with Crippen LogP contribution in [0.2, 0.25) is 0 Å². The van der Waals surface area contributed by atoms with E-state index in [0.29, 0.717) is 17.0 Å². The number of benzene rings is 1. The van der Waals surface area contributed by atoms with E-state index in [2.05, 4.69) is 4.98 Å². The number of aromatic nitrogens is 2. The van der Waals surface area contributed by atoms with Crippen LogP contribution in [0.5, 0.6) is 0 Å². The smallest absolute Gasteiger partial charge is 0.308 e. The maximum absolute atomic E-state index is 13.8. The van der Waals surface area contributed by atoms with Crippen LogP contribution in [-0.2, 0) is 16.1 Å². The summed E-state index contributed by atoms with van der Waals surface area (Å²) in [5.41, 5.74) is 1.35. The average Bonchev–Trinajstić information content (AvgIpc) is 2.96.